The predicted octanol–water partition coefficient (Wildman–Crippen LogP) is 2.48. The Morgan fingerprint density at radius 1 is 1.33 bits per heavy atom. The van der Waals surface area contributed by atoms with Crippen molar-refractivity contribution in [3.63, 3.8) is 0 Å². The van der Waals surface area contributed by atoms with Gasteiger partial charge in [-0.25, -0.2) is 4.21 Å². The topological polar surface area (TPSA) is 37.3 Å². The van der Waals surface area contributed by atoms with Gasteiger partial charge in [-0.3, -0.25) is 0 Å². The van der Waals surface area contributed by atoms with Crippen LogP contribution in [-0.4, -0.2) is 8.76 Å². The van der Waals surface area contributed by atoms with Crippen LogP contribution in [0.2, 0.25) is 0 Å². The van der Waals surface area contributed by atoms with Crippen LogP contribution in [0.4, 0.5) is 0 Å². The summed E-state index contributed by atoms with van der Waals surface area (Å²) < 4.78 is 20.7. The molecule has 1 aromatic heterocycles. The maximum atomic E-state index is 10.8. The SMILES string of the molecule is O=S(O)c1csc2ccccc12. The number of benzene rings is 1. The Balaban J connectivity index is 2.79. The molecule has 0 radical (unpaired) electrons. The molecule has 62 valence electrons. The zero-order valence-corrected chi connectivity index (χ0v) is 7.69. The summed E-state index contributed by atoms with van der Waals surface area (Å²) in [5, 5.41) is 2.60. The average molecular weight is 198 g/mol. The summed E-state index contributed by atoms with van der Waals surface area (Å²) in [6, 6.07) is 7.58. The van der Waals surface area contributed by atoms with E-state index in [4.69, 9.17) is 4.55 Å². The van der Waals surface area contributed by atoms with Crippen molar-refractivity contribution < 1.29 is 8.76 Å². The Morgan fingerprint density at radius 3 is 2.83 bits per heavy atom. The largest absolute Gasteiger partial charge is 0.302 e. The number of hydrogen-bond donors (Lipinski definition) is 1. The molecule has 2 nitrogen and oxygen atoms in total. The molecular weight excluding hydrogens is 192 g/mol. The third kappa shape index (κ3) is 1.18. The molecule has 12 heavy (non-hydrogen) atoms. The first kappa shape index (κ1) is 7.91. The van der Waals surface area contributed by atoms with Gasteiger partial charge < -0.3 is 4.55 Å². The Morgan fingerprint density at radius 2 is 2.08 bits per heavy atom. The van der Waals surface area contributed by atoms with Gasteiger partial charge in [0.1, 0.15) is 0 Å². The Labute approximate surface area is 76.1 Å². The van der Waals surface area contributed by atoms with Gasteiger partial charge in [-0.2, -0.15) is 0 Å². The van der Waals surface area contributed by atoms with E-state index in [9.17, 15) is 4.21 Å². The molecular formula is C8H6O2S2. The minimum Gasteiger partial charge on any atom is -0.302 e. The van der Waals surface area contributed by atoms with Crippen molar-refractivity contribution in [3.8, 4) is 0 Å². The maximum Gasteiger partial charge on any atom is 0.188 e. The smallest absolute Gasteiger partial charge is 0.188 e. The highest BCUT2D eigenvalue weighted by Crippen LogP contribution is 2.27. The van der Waals surface area contributed by atoms with Crippen LogP contribution in [0.15, 0.2) is 34.5 Å². The van der Waals surface area contributed by atoms with Crippen molar-refractivity contribution in [1.29, 1.82) is 0 Å². The molecule has 1 unspecified atom stereocenters. The van der Waals surface area contributed by atoms with Crippen molar-refractivity contribution in [2.24, 2.45) is 0 Å². The molecule has 1 heterocycles. The quantitative estimate of drug-likeness (QED) is 0.715. The maximum absolute atomic E-state index is 10.8. The van der Waals surface area contributed by atoms with Gasteiger partial charge in [0.15, 0.2) is 11.1 Å². The van der Waals surface area contributed by atoms with E-state index in [2.05, 4.69) is 0 Å². The molecule has 1 N–H and O–H groups in total. The summed E-state index contributed by atoms with van der Waals surface area (Å²) in [5.74, 6) is 0. The third-order valence-corrected chi connectivity index (χ3v) is 3.46. The van der Waals surface area contributed by atoms with Gasteiger partial charge in [0.05, 0.1) is 4.90 Å². The van der Waals surface area contributed by atoms with E-state index in [1.54, 1.807) is 5.38 Å². The van der Waals surface area contributed by atoms with Crippen LogP contribution in [0.5, 0.6) is 0 Å². The molecule has 0 fully saturated rings. The summed E-state index contributed by atoms with van der Waals surface area (Å²) in [7, 11) is 0. The van der Waals surface area contributed by atoms with E-state index in [1.165, 1.54) is 11.3 Å². The number of hydrogen-bond acceptors (Lipinski definition) is 2. The molecule has 0 saturated carbocycles. The van der Waals surface area contributed by atoms with Crippen LogP contribution >= 0.6 is 11.3 Å². The average Bonchev–Trinajstić information content (AvgIpc) is 2.47. The summed E-state index contributed by atoms with van der Waals surface area (Å²) in [5.41, 5.74) is 0. The molecule has 1 aromatic carbocycles. The van der Waals surface area contributed by atoms with Crippen molar-refractivity contribution in [2.45, 2.75) is 4.90 Å². The number of fused-ring (bicyclic) bond motifs is 1. The van der Waals surface area contributed by atoms with Gasteiger partial charge in [-0.1, -0.05) is 18.2 Å². The van der Waals surface area contributed by atoms with E-state index in [-0.39, 0.29) is 0 Å². The molecule has 0 aliphatic heterocycles. The third-order valence-electron chi connectivity index (χ3n) is 1.63. The number of rotatable bonds is 1. The van der Waals surface area contributed by atoms with Gasteiger partial charge in [0.2, 0.25) is 0 Å². The van der Waals surface area contributed by atoms with Crippen LogP contribution in [0.3, 0.4) is 0 Å². The van der Waals surface area contributed by atoms with Gasteiger partial charge >= 0.3 is 0 Å². The second-order valence-corrected chi connectivity index (χ2v) is 4.19. The highest BCUT2D eigenvalue weighted by atomic mass is 32.2. The summed E-state index contributed by atoms with van der Waals surface area (Å²) >= 11 is -0.373. The second kappa shape index (κ2) is 2.97. The molecule has 0 amide bonds. The highest BCUT2D eigenvalue weighted by Gasteiger charge is 2.06. The van der Waals surface area contributed by atoms with Gasteiger partial charge in [0.25, 0.3) is 0 Å². The van der Waals surface area contributed by atoms with Gasteiger partial charge in [0, 0.05) is 15.5 Å². The Bertz CT molecular complexity index is 433. The van der Waals surface area contributed by atoms with E-state index >= 15 is 0 Å². The van der Waals surface area contributed by atoms with Crippen molar-refractivity contribution in [3.05, 3.63) is 29.6 Å². The fourth-order valence-electron chi connectivity index (χ4n) is 1.09. The highest BCUT2D eigenvalue weighted by molar-refractivity contribution is 7.79. The van der Waals surface area contributed by atoms with Crippen molar-refractivity contribution in [1.82, 2.24) is 0 Å². The van der Waals surface area contributed by atoms with E-state index in [0.717, 1.165) is 10.1 Å². The fraction of sp³-hybridized carbons (Fsp3) is 0. The molecule has 0 spiro atoms. The lowest BCUT2D eigenvalue weighted by atomic mass is 10.3. The minimum atomic E-state index is -1.86. The minimum absolute atomic E-state index is 0.510. The van der Waals surface area contributed by atoms with Crippen molar-refractivity contribution in [2.75, 3.05) is 0 Å². The van der Waals surface area contributed by atoms with E-state index in [1.807, 2.05) is 24.3 Å². The summed E-state index contributed by atoms with van der Waals surface area (Å²) in [6.07, 6.45) is 0. The predicted molar refractivity (Wildman–Crippen MR) is 50.9 cm³/mol. The number of thiophene rings is 1. The molecule has 0 saturated heterocycles. The van der Waals surface area contributed by atoms with Crippen LogP contribution in [-0.2, 0) is 11.1 Å². The molecule has 2 rings (SSSR count). The van der Waals surface area contributed by atoms with Gasteiger partial charge in [-0.05, 0) is 6.07 Å². The monoisotopic (exact) mass is 198 g/mol. The fourth-order valence-corrected chi connectivity index (χ4v) is 2.82. The van der Waals surface area contributed by atoms with E-state index in [0.29, 0.717) is 4.90 Å². The van der Waals surface area contributed by atoms with Crippen LogP contribution < -0.4 is 0 Å². The molecule has 0 aliphatic carbocycles. The first-order chi connectivity index (χ1) is 5.79. The molecule has 1 atom stereocenters. The standard InChI is InChI=1S/C8H6O2S2/c9-12(10)8-5-11-7-4-2-1-3-6(7)8/h1-5H,(H,9,10). The van der Waals surface area contributed by atoms with Crippen molar-refractivity contribution >= 4 is 32.5 Å². The molecule has 4 heteroatoms. The lowest BCUT2D eigenvalue weighted by molar-refractivity contribution is 0.565. The lowest BCUT2D eigenvalue weighted by Gasteiger charge is -1.90. The van der Waals surface area contributed by atoms with Crippen LogP contribution in [0.25, 0.3) is 10.1 Å². The lowest BCUT2D eigenvalue weighted by Crippen LogP contribution is -1.84. The Kier molecular flexibility index (Phi) is 1.96. The van der Waals surface area contributed by atoms with Gasteiger partial charge in [-0.15, -0.1) is 11.3 Å². The van der Waals surface area contributed by atoms with Crippen LogP contribution in [0.1, 0.15) is 0 Å². The summed E-state index contributed by atoms with van der Waals surface area (Å²) in [6.45, 7) is 0. The zero-order valence-electron chi connectivity index (χ0n) is 6.06. The Hall–Kier alpha value is -0.710. The second-order valence-electron chi connectivity index (χ2n) is 2.35. The zero-order chi connectivity index (χ0) is 8.55. The normalized spacial score (nSPS) is 13.4. The first-order valence-corrected chi connectivity index (χ1v) is 5.35. The van der Waals surface area contributed by atoms with E-state index < -0.39 is 11.1 Å². The molecule has 2 aromatic rings. The molecule has 0 bridgehead atoms. The molecule has 0 aliphatic rings. The van der Waals surface area contributed by atoms with Crippen LogP contribution in [0, 0.1) is 0 Å². The first-order valence-electron chi connectivity index (χ1n) is 3.36. The summed E-state index contributed by atoms with van der Waals surface area (Å²) in [4.78, 5) is 0.510.